The molecule has 230 valence electrons. The van der Waals surface area contributed by atoms with Gasteiger partial charge in [0.25, 0.3) is 5.92 Å². The smallest absolute Gasteiger partial charge is 0.338 e. The number of aromatic nitrogens is 1. The molecule has 0 radical (unpaired) electrons. The molecule has 0 saturated carbocycles. The Balaban J connectivity index is 1.56. The van der Waals surface area contributed by atoms with Crippen molar-refractivity contribution in [2.24, 2.45) is 16.3 Å². The number of nitrogens with one attached hydrogen (secondary N) is 1. The maximum absolute atomic E-state index is 15.4. The third-order valence-electron chi connectivity index (χ3n) is 8.09. The third-order valence-corrected chi connectivity index (χ3v) is 8.87. The van der Waals surface area contributed by atoms with Gasteiger partial charge in [-0.2, -0.15) is 0 Å². The van der Waals surface area contributed by atoms with Gasteiger partial charge >= 0.3 is 11.9 Å². The summed E-state index contributed by atoms with van der Waals surface area (Å²) in [6.45, 7) is 4.81. The van der Waals surface area contributed by atoms with E-state index in [1.807, 2.05) is 0 Å². The van der Waals surface area contributed by atoms with Crippen LogP contribution in [0, 0.1) is 24.1 Å². The van der Waals surface area contributed by atoms with Gasteiger partial charge in [0.15, 0.2) is 10.8 Å². The maximum Gasteiger partial charge on any atom is 0.338 e. The van der Waals surface area contributed by atoms with Crippen molar-refractivity contribution in [2.45, 2.75) is 45.7 Å². The monoisotopic (exact) mass is 619 g/mol. The Kier molecular flexibility index (Phi) is 8.11. The molecule has 1 amide bonds. The molecule has 2 fully saturated rings. The van der Waals surface area contributed by atoms with E-state index in [4.69, 9.17) is 9.73 Å². The molecule has 3 aliphatic heterocycles. The Labute approximate surface area is 250 Å². The number of carbonyl (C=O) groups is 3. The van der Waals surface area contributed by atoms with Gasteiger partial charge in [0, 0.05) is 43.0 Å². The molecule has 10 nitrogen and oxygen atoms in total. The van der Waals surface area contributed by atoms with Crippen LogP contribution < -0.4 is 5.32 Å². The lowest BCUT2D eigenvalue weighted by Crippen LogP contribution is -2.45. The lowest BCUT2D eigenvalue weighted by atomic mass is 9.92. The van der Waals surface area contributed by atoms with Crippen LogP contribution in [-0.2, 0) is 19.1 Å². The summed E-state index contributed by atoms with van der Waals surface area (Å²) in [5.74, 6) is -7.97. The minimum absolute atomic E-state index is 0.0306. The van der Waals surface area contributed by atoms with Gasteiger partial charge in [-0.1, -0.05) is 12.1 Å². The minimum atomic E-state index is -3.39. The SMILES string of the molecule is CCOC(=O)C1=C(CN2CC(F)(F)C3C(=O)N(CC(C)(C)C(=O)O)C[C@@H]32)NC(c2nccs2)=N[C@H]1c1cccc(F)c1C. The second-order valence-corrected chi connectivity index (χ2v) is 12.4. The van der Waals surface area contributed by atoms with Crippen molar-refractivity contribution in [3.8, 4) is 0 Å². The van der Waals surface area contributed by atoms with Crippen LogP contribution in [-0.4, -0.2) is 88.3 Å². The Morgan fingerprint density at radius 1 is 1.30 bits per heavy atom. The normalized spacial score (nSPS) is 23.7. The molecule has 2 saturated heterocycles. The molecule has 3 aliphatic rings. The highest BCUT2D eigenvalue weighted by atomic mass is 32.1. The lowest BCUT2D eigenvalue weighted by Gasteiger charge is -2.32. The fraction of sp³-hybridized carbons (Fsp3) is 0.483. The quantitative estimate of drug-likeness (QED) is 0.410. The second-order valence-electron chi connectivity index (χ2n) is 11.5. The van der Waals surface area contributed by atoms with E-state index >= 15 is 8.78 Å². The third kappa shape index (κ3) is 5.65. The number of hydrogen-bond acceptors (Lipinski definition) is 9. The number of benzene rings is 1. The summed E-state index contributed by atoms with van der Waals surface area (Å²) in [6, 6.07) is 2.47. The van der Waals surface area contributed by atoms with Crippen molar-refractivity contribution in [2.75, 3.05) is 32.8 Å². The van der Waals surface area contributed by atoms with E-state index in [2.05, 4.69) is 10.3 Å². The lowest BCUT2D eigenvalue weighted by molar-refractivity contribution is -0.150. The first-order valence-electron chi connectivity index (χ1n) is 13.8. The summed E-state index contributed by atoms with van der Waals surface area (Å²) in [5, 5.41) is 14.9. The number of fused-ring (bicyclic) bond motifs is 1. The highest BCUT2D eigenvalue weighted by molar-refractivity contribution is 7.11. The summed E-state index contributed by atoms with van der Waals surface area (Å²) in [6.07, 6.45) is 1.57. The van der Waals surface area contributed by atoms with Crippen molar-refractivity contribution in [3.05, 3.63) is 63.0 Å². The van der Waals surface area contributed by atoms with Crippen LogP contribution in [0.2, 0.25) is 0 Å². The number of esters is 1. The van der Waals surface area contributed by atoms with E-state index in [-0.39, 0.29) is 48.9 Å². The Morgan fingerprint density at radius 3 is 2.70 bits per heavy atom. The number of ether oxygens (including phenoxy) is 1. The molecule has 1 unspecified atom stereocenters. The molecule has 0 aliphatic carbocycles. The Hall–Kier alpha value is -3.78. The van der Waals surface area contributed by atoms with Crippen molar-refractivity contribution in [1.82, 2.24) is 20.1 Å². The van der Waals surface area contributed by atoms with Crippen molar-refractivity contribution in [1.29, 1.82) is 0 Å². The van der Waals surface area contributed by atoms with E-state index < -0.39 is 59.5 Å². The van der Waals surface area contributed by atoms with E-state index in [1.54, 1.807) is 31.5 Å². The fourth-order valence-corrected chi connectivity index (χ4v) is 6.47. The van der Waals surface area contributed by atoms with Crippen molar-refractivity contribution in [3.63, 3.8) is 0 Å². The van der Waals surface area contributed by atoms with Gasteiger partial charge in [0.1, 0.15) is 17.8 Å². The summed E-state index contributed by atoms with van der Waals surface area (Å²) in [7, 11) is 0. The van der Waals surface area contributed by atoms with Crippen molar-refractivity contribution >= 4 is 35.0 Å². The first-order valence-corrected chi connectivity index (χ1v) is 14.7. The average molecular weight is 620 g/mol. The van der Waals surface area contributed by atoms with Crippen LogP contribution in [0.4, 0.5) is 13.2 Å². The molecular formula is C29H32F3N5O5S. The standard InChI is InChI=1S/C29H32F3N5O5S/c1-5-42-26(39)20-18(34-23(24-33-9-10-43-24)35-22(20)16-7-6-8-17(30)15(16)2)11-36-14-29(31,32)21-19(36)12-37(25(21)38)13-28(3,4)27(40)41/h6-10,19,21-22H,5,11-14H2,1-4H3,(H,34,35)(H,40,41)/t19-,21?,22-/m0/s1. The summed E-state index contributed by atoms with van der Waals surface area (Å²) in [4.78, 5) is 50.0. The van der Waals surface area contributed by atoms with E-state index in [0.29, 0.717) is 10.6 Å². The van der Waals surface area contributed by atoms with Crippen LogP contribution in [0.25, 0.3) is 0 Å². The number of aliphatic imine (C=N–C) groups is 1. The highest BCUT2D eigenvalue weighted by Crippen LogP contribution is 2.45. The first-order chi connectivity index (χ1) is 20.2. The number of halogens is 3. The average Bonchev–Trinajstić information content (AvgIpc) is 3.63. The zero-order chi connectivity index (χ0) is 31.3. The van der Waals surface area contributed by atoms with E-state index in [0.717, 1.165) is 0 Å². The number of nitrogens with zero attached hydrogens (tertiary/aromatic N) is 4. The molecule has 2 aromatic rings. The second kappa shape index (κ2) is 11.4. The predicted molar refractivity (Wildman–Crippen MR) is 151 cm³/mol. The van der Waals surface area contributed by atoms with Crippen molar-refractivity contribution < 1.29 is 37.4 Å². The van der Waals surface area contributed by atoms with E-state index in [1.165, 1.54) is 47.1 Å². The number of carboxylic acid groups (broad SMARTS) is 1. The summed E-state index contributed by atoms with van der Waals surface area (Å²) in [5.41, 5.74) is -0.410. The zero-order valence-electron chi connectivity index (χ0n) is 24.1. The molecule has 1 aromatic carbocycles. The van der Waals surface area contributed by atoms with Gasteiger partial charge < -0.3 is 20.1 Å². The summed E-state index contributed by atoms with van der Waals surface area (Å²) >= 11 is 1.27. The number of rotatable bonds is 9. The first kappa shape index (κ1) is 30.7. The zero-order valence-corrected chi connectivity index (χ0v) is 24.9. The number of carbonyl (C=O) groups excluding carboxylic acids is 2. The molecule has 1 aromatic heterocycles. The molecule has 0 spiro atoms. The van der Waals surface area contributed by atoms with Gasteiger partial charge in [-0.3, -0.25) is 19.5 Å². The fourth-order valence-electron chi connectivity index (χ4n) is 5.88. The molecule has 14 heteroatoms. The van der Waals surface area contributed by atoms with Crippen LogP contribution in [0.3, 0.4) is 0 Å². The molecule has 0 bridgehead atoms. The van der Waals surface area contributed by atoms with Crippen LogP contribution >= 0.6 is 11.3 Å². The molecule has 3 atom stereocenters. The number of amidine groups is 1. The number of hydrogen-bond donors (Lipinski definition) is 2. The molecular weight excluding hydrogens is 587 g/mol. The summed E-state index contributed by atoms with van der Waals surface area (Å²) < 4.78 is 50.9. The Morgan fingerprint density at radius 2 is 2.05 bits per heavy atom. The van der Waals surface area contributed by atoms with Crippen LogP contribution in [0.15, 0.2) is 46.0 Å². The predicted octanol–water partition coefficient (Wildman–Crippen LogP) is 3.39. The molecule has 4 heterocycles. The number of likely N-dealkylation sites (tertiary alicyclic amines) is 2. The molecule has 2 N–H and O–H groups in total. The highest BCUT2D eigenvalue weighted by Gasteiger charge is 2.63. The molecule has 43 heavy (non-hydrogen) atoms. The van der Waals surface area contributed by atoms with Gasteiger partial charge in [-0.05, 0) is 44.9 Å². The maximum atomic E-state index is 15.4. The number of amides is 1. The minimum Gasteiger partial charge on any atom is -0.481 e. The molecule has 5 rings (SSSR count). The van der Waals surface area contributed by atoms with E-state index in [9.17, 15) is 23.9 Å². The number of alkyl halides is 2. The topological polar surface area (TPSA) is 124 Å². The Bertz CT molecular complexity index is 1510. The largest absolute Gasteiger partial charge is 0.481 e. The number of thiazole rings is 1. The van der Waals surface area contributed by atoms with Gasteiger partial charge in [0.2, 0.25) is 5.91 Å². The van der Waals surface area contributed by atoms with Gasteiger partial charge in [-0.25, -0.2) is 22.9 Å². The van der Waals surface area contributed by atoms with Crippen LogP contribution in [0.1, 0.15) is 42.9 Å². The van der Waals surface area contributed by atoms with Gasteiger partial charge in [-0.15, -0.1) is 11.3 Å². The van der Waals surface area contributed by atoms with Crippen LogP contribution in [0.5, 0.6) is 0 Å². The number of aliphatic carboxylic acids is 1. The number of carboxylic acids is 1. The van der Waals surface area contributed by atoms with Gasteiger partial charge in [0.05, 0.1) is 24.1 Å².